The Morgan fingerprint density at radius 1 is 1.50 bits per heavy atom. The molecule has 0 aromatic carbocycles. The quantitative estimate of drug-likeness (QED) is 0.618. The van der Waals surface area contributed by atoms with E-state index >= 15 is 0 Å². The van der Waals surface area contributed by atoms with Crippen molar-refractivity contribution in [2.24, 2.45) is 0 Å². The van der Waals surface area contributed by atoms with Crippen molar-refractivity contribution in [2.75, 3.05) is 6.54 Å². The Kier molecular flexibility index (Phi) is 4.08. The fourth-order valence-electron chi connectivity index (χ4n) is 1.47. The summed E-state index contributed by atoms with van der Waals surface area (Å²) < 4.78 is 4.98. The first-order valence-electron chi connectivity index (χ1n) is 5.31. The average molecular weight is 268 g/mol. The summed E-state index contributed by atoms with van der Waals surface area (Å²) in [6.07, 6.45) is -0.582. The number of aliphatic hydroxyl groups excluding tert-OH is 1. The Labute approximate surface area is 107 Å². The van der Waals surface area contributed by atoms with Crippen molar-refractivity contribution in [3.8, 4) is 0 Å². The number of nitrogens with zero attached hydrogens (tertiary/aromatic N) is 1. The van der Waals surface area contributed by atoms with E-state index in [-0.39, 0.29) is 5.88 Å². The van der Waals surface area contributed by atoms with E-state index in [9.17, 15) is 15.2 Å². The third kappa shape index (κ3) is 3.16. The van der Waals surface area contributed by atoms with Crippen molar-refractivity contribution in [1.82, 2.24) is 5.32 Å². The number of thiophene rings is 1. The van der Waals surface area contributed by atoms with Crippen molar-refractivity contribution in [1.29, 1.82) is 0 Å². The van der Waals surface area contributed by atoms with Gasteiger partial charge in [-0.2, -0.15) is 11.3 Å². The van der Waals surface area contributed by atoms with Gasteiger partial charge in [-0.1, -0.05) is 0 Å². The molecule has 7 heteroatoms. The van der Waals surface area contributed by atoms with Crippen molar-refractivity contribution in [2.45, 2.75) is 12.6 Å². The highest BCUT2D eigenvalue weighted by Gasteiger charge is 2.12. The molecule has 0 aliphatic carbocycles. The van der Waals surface area contributed by atoms with Crippen LogP contribution in [0, 0.1) is 10.1 Å². The lowest BCUT2D eigenvalue weighted by Crippen LogP contribution is -2.20. The van der Waals surface area contributed by atoms with Crippen LogP contribution in [-0.4, -0.2) is 16.6 Å². The molecular weight excluding hydrogens is 256 g/mol. The van der Waals surface area contributed by atoms with Gasteiger partial charge in [0, 0.05) is 6.54 Å². The van der Waals surface area contributed by atoms with E-state index in [4.69, 9.17) is 4.42 Å². The van der Waals surface area contributed by atoms with E-state index in [0.717, 1.165) is 5.56 Å². The summed E-state index contributed by atoms with van der Waals surface area (Å²) in [6.45, 7) is 0.709. The first kappa shape index (κ1) is 12.7. The first-order valence-corrected chi connectivity index (χ1v) is 6.25. The van der Waals surface area contributed by atoms with Gasteiger partial charge in [-0.25, -0.2) is 0 Å². The topological polar surface area (TPSA) is 88.5 Å². The second kappa shape index (κ2) is 5.76. The Morgan fingerprint density at radius 2 is 2.33 bits per heavy atom. The highest BCUT2D eigenvalue weighted by Crippen LogP contribution is 2.17. The summed E-state index contributed by atoms with van der Waals surface area (Å²) in [6, 6.07) is 4.71. The van der Waals surface area contributed by atoms with Crippen molar-refractivity contribution < 1.29 is 14.4 Å². The number of hydrogen-bond acceptors (Lipinski definition) is 6. The monoisotopic (exact) mass is 268 g/mol. The third-order valence-electron chi connectivity index (χ3n) is 2.39. The first-order chi connectivity index (χ1) is 8.66. The molecule has 96 valence electrons. The van der Waals surface area contributed by atoms with E-state index in [0.29, 0.717) is 18.8 Å². The molecule has 0 amide bonds. The number of aliphatic hydroxyl groups is 1. The second-order valence-electron chi connectivity index (χ2n) is 3.70. The summed E-state index contributed by atoms with van der Waals surface area (Å²) >= 11 is 1.52. The smallest absolute Gasteiger partial charge is 0.404 e. The molecule has 0 fully saturated rings. The van der Waals surface area contributed by atoms with Crippen LogP contribution in [0.1, 0.15) is 17.4 Å². The highest BCUT2D eigenvalue weighted by molar-refractivity contribution is 7.07. The fourth-order valence-corrected chi connectivity index (χ4v) is 2.18. The van der Waals surface area contributed by atoms with E-state index < -0.39 is 11.0 Å². The lowest BCUT2D eigenvalue weighted by Gasteiger charge is -2.09. The van der Waals surface area contributed by atoms with Crippen molar-refractivity contribution in [3.63, 3.8) is 0 Å². The van der Waals surface area contributed by atoms with Crippen LogP contribution >= 0.6 is 11.3 Å². The Morgan fingerprint density at radius 3 is 2.94 bits per heavy atom. The Balaban J connectivity index is 1.79. The molecule has 2 aromatic rings. The molecular formula is C11H12N2O4S. The van der Waals surface area contributed by atoms with E-state index in [1.807, 2.05) is 16.8 Å². The van der Waals surface area contributed by atoms with Gasteiger partial charge < -0.3 is 14.8 Å². The van der Waals surface area contributed by atoms with Crippen LogP contribution in [0.2, 0.25) is 0 Å². The maximum atomic E-state index is 10.4. The van der Waals surface area contributed by atoms with Crippen molar-refractivity contribution in [3.05, 3.63) is 50.4 Å². The third-order valence-corrected chi connectivity index (χ3v) is 3.09. The Hall–Kier alpha value is -1.70. The average Bonchev–Trinajstić information content (AvgIpc) is 3.00. The molecule has 0 saturated heterocycles. The van der Waals surface area contributed by atoms with Gasteiger partial charge in [0.2, 0.25) is 0 Å². The van der Waals surface area contributed by atoms with Crippen LogP contribution < -0.4 is 5.32 Å². The molecule has 2 heterocycles. The zero-order valence-corrected chi connectivity index (χ0v) is 10.2. The number of nitrogens with one attached hydrogen (secondary N) is 1. The number of nitro groups is 1. The molecule has 0 saturated carbocycles. The second-order valence-corrected chi connectivity index (χ2v) is 4.48. The van der Waals surface area contributed by atoms with Gasteiger partial charge in [0.1, 0.15) is 10.7 Å². The molecule has 0 spiro atoms. The predicted molar refractivity (Wildman–Crippen MR) is 66.3 cm³/mol. The summed E-state index contributed by atoms with van der Waals surface area (Å²) in [5, 5.41) is 26.9. The largest absolute Gasteiger partial charge is 0.433 e. The summed E-state index contributed by atoms with van der Waals surface area (Å²) in [7, 11) is 0. The molecule has 2 N–H and O–H groups in total. The van der Waals surface area contributed by atoms with Gasteiger partial charge in [-0.05, 0) is 28.5 Å². The lowest BCUT2D eigenvalue weighted by molar-refractivity contribution is -0.402. The van der Waals surface area contributed by atoms with Gasteiger partial charge in [0.05, 0.1) is 18.7 Å². The van der Waals surface area contributed by atoms with Gasteiger partial charge >= 0.3 is 5.88 Å². The van der Waals surface area contributed by atoms with Gasteiger partial charge in [0.25, 0.3) is 0 Å². The van der Waals surface area contributed by atoms with Crippen LogP contribution in [0.4, 0.5) is 5.88 Å². The zero-order chi connectivity index (χ0) is 13.0. The number of furan rings is 1. The number of hydrogen-bond donors (Lipinski definition) is 2. The molecule has 6 nitrogen and oxygen atoms in total. The Bertz CT molecular complexity index is 509. The molecule has 1 atom stereocenters. The summed E-state index contributed by atoms with van der Waals surface area (Å²) in [5.74, 6) is 0.199. The van der Waals surface area contributed by atoms with E-state index in [1.54, 1.807) is 6.07 Å². The molecule has 1 unspecified atom stereocenters. The predicted octanol–water partition coefficient (Wildman–Crippen LogP) is 2.07. The standard InChI is InChI=1S/C11H12N2O4S/c14-10(8-3-4-18-7-8)6-12-5-9-1-2-11(17-9)13(15)16/h1-4,7,10,12,14H,5-6H2. The van der Waals surface area contributed by atoms with Crippen LogP contribution in [0.5, 0.6) is 0 Å². The van der Waals surface area contributed by atoms with Crippen LogP contribution in [0.25, 0.3) is 0 Å². The van der Waals surface area contributed by atoms with E-state index in [1.165, 1.54) is 17.4 Å². The maximum Gasteiger partial charge on any atom is 0.433 e. The van der Waals surface area contributed by atoms with Crippen LogP contribution in [0.15, 0.2) is 33.4 Å². The van der Waals surface area contributed by atoms with Gasteiger partial charge in [-0.15, -0.1) is 0 Å². The summed E-state index contributed by atoms with van der Waals surface area (Å²) in [5.41, 5.74) is 0.859. The van der Waals surface area contributed by atoms with Gasteiger partial charge in [-0.3, -0.25) is 10.1 Å². The highest BCUT2D eigenvalue weighted by atomic mass is 32.1. The van der Waals surface area contributed by atoms with Crippen LogP contribution in [-0.2, 0) is 6.54 Å². The zero-order valence-electron chi connectivity index (χ0n) is 9.41. The fraction of sp³-hybridized carbons (Fsp3) is 0.273. The minimum absolute atomic E-state index is 0.273. The minimum Gasteiger partial charge on any atom is -0.404 e. The molecule has 2 aromatic heterocycles. The molecule has 0 bridgehead atoms. The summed E-state index contributed by atoms with van der Waals surface area (Å²) in [4.78, 5) is 9.82. The molecule has 0 radical (unpaired) electrons. The molecule has 18 heavy (non-hydrogen) atoms. The molecule has 0 aliphatic rings. The van der Waals surface area contributed by atoms with Gasteiger partial charge in [0.15, 0.2) is 0 Å². The van der Waals surface area contributed by atoms with Crippen molar-refractivity contribution >= 4 is 17.2 Å². The van der Waals surface area contributed by atoms with Crippen LogP contribution in [0.3, 0.4) is 0 Å². The normalized spacial score (nSPS) is 12.5. The molecule has 2 rings (SSSR count). The SMILES string of the molecule is O=[N+]([O-])c1ccc(CNCC(O)c2ccsc2)o1. The van der Waals surface area contributed by atoms with E-state index in [2.05, 4.69) is 5.32 Å². The lowest BCUT2D eigenvalue weighted by atomic mass is 10.2. The molecule has 0 aliphatic heterocycles. The minimum atomic E-state index is -0.582. The maximum absolute atomic E-state index is 10.4. The number of rotatable bonds is 6.